The Labute approximate surface area is 178 Å². The third-order valence-corrected chi connectivity index (χ3v) is 6.46. The van der Waals surface area contributed by atoms with E-state index in [0.29, 0.717) is 17.2 Å². The summed E-state index contributed by atoms with van der Waals surface area (Å²) in [5.41, 5.74) is 0.284. The third-order valence-electron chi connectivity index (χ3n) is 4.78. The fourth-order valence-corrected chi connectivity index (χ4v) is 4.61. The lowest BCUT2D eigenvalue weighted by molar-refractivity contribution is 0.397. The monoisotopic (exact) mass is 437 g/mol. The maximum atomic E-state index is 13.5. The SMILES string of the molecule is COc1cccc(S(=O)(=O)c2nn(Cc3ccc(OC)nc3)c(=O)c3ccccc23)c1. The molecule has 2 aromatic heterocycles. The zero-order chi connectivity index (χ0) is 22.0. The van der Waals surface area contributed by atoms with E-state index < -0.39 is 15.4 Å². The largest absolute Gasteiger partial charge is 0.497 e. The highest BCUT2D eigenvalue weighted by Crippen LogP contribution is 2.27. The maximum absolute atomic E-state index is 13.5. The summed E-state index contributed by atoms with van der Waals surface area (Å²) in [7, 11) is -1.06. The van der Waals surface area contributed by atoms with Gasteiger partial charge in [0.2, 0.25) is 15.7 Å². The van der Waals surface area contributed by atoms with Crippen LogP contribution in [-0.4, -0.2) is 37.4 Å². The second kappa shape index (κ2) is 8.19. The fraction of sp³-hybridized carbons (Fsp3) is 0.136. The van der Waals surface area contributed by atoms with Crippen LogP contribution in [-0.2, 0) is 16.4 Å². The Hall–Kier alpha value is -3.72. The van der Waals surface area contributed by atoms with Gasteiger partial charge in [0.1, 0.15) is 5.75 Å². The zero-order valence-electron chi connectivity index (χ0n) is 16.8. The minimum atomic E-state index is -4.03. The van der Waals surface area contributed by atoms with Gasteiger partial charge in [-0.05, 0) is 29.8 Å². The van der Waals surface area contributed by atoms with Crippen LogP contribution < -0.4 is 15.0 Å². The molecule has 31 heavy (non-hydrogen) atoms. The van der Waals surface area contributed by atoms with Crippen molar-refractivity contribution in [2.24, 2.45) is 0 Å². The lowest BCUT2D eigenvalue weighted by atomic mass is 10.2. The van der Waals surface area contributed by atoms with Crippen LogP contribution >= 0.6 is 0 Å². The van der Waals surface area contributed by atoms with Gasteiger partial charge in [-0.25, -0.2) is 18.1 Å². The number of aromatic nitrogens is 3. The zero-order valence-corrected chi connectivity index (χ0v) is 17.7. The predicted molar refractivity (Wildman–Crippen MR) is 114 cm³/mol. The molecule has 0 aliphatic carbocycles. The number of hydrogen-bond acceptors (Lipinski definition) is 7. The summed E-state index contributed by atoms with van der Waals surface area (Å²) in [6.07, 6.45) is 1.55. The van der Waals surface area contributed by atoms with E-state index in [0.717, 1.165) is 4.68 Å². The van der Waals surface area contributed by atoms with Gasteiger partial charge in [-0.3, -0.25) is 4.79 Å². The predicted octanol–water partition coefficient (Wildman–Crippen LogP) is 2.69. The Morgan fingerprint density at radius 3 is 2.39 bits per heavy atom. The number of sulfone groups is 1. The van der Waals surface area contributed by atoms with Gasteiger partial charge in [-0.2, -0.15) is 5.10 Å². The molecule has 0 amide bonds. The molecule has 0 unspecified atom stereocenters. The molecule has 0 aliphatic heterocycles. The molecule has 0 saturated heterocycles. The van der Waals surface area contributed by atoms with Crippen molar-refractivity contribution in [3.05, 3.63) is 82.8 Å². The Kier molecular flexibility index (Phi) is 5.43. The van der Waals surface area contributed by atoms with Gasteiger partial charge in [0, 0.05) is 17.6 Å². The van der Waals surface area contributed by atoms with Crippen LogP contribution in [0.1, 0.15) is 5.56 Å². The Balaban J connectivity index is 1.90. The molecule has 0 N–H and O–H groups in total. The summed E-state index contributed by atoms with van der Waals surface area (Å²) in [5.74, 6) is 0.840. The second-order valence-electron chi connectivity index (χ2n) is 6.70. The van der Waals surface area contributed by atoms with E-state index in [2.05, 4.69) is 10.1 Å². The van der Waals surface area contributed by atoms with Gasteiger partial charge in [0.25, 0.3) is 5.56 Å². The molecule has 0 aliphatic rings. The Morgan fingerprint density at radius 1 is 0.935 bits per heavy atom. The topological polar surface area (TPSA) is 100 Å². The van der Waals surface area contributed by atoms with Crippen molar-refractivity contribution < 1.29 is 17.9 Å². The summed E-state index contributed by atoms with van der Waals surface area (Å²) < 4.78 is 38.2. The van der Waals surface area contributed by atoms with Crippen LogP contribution in [0.15, 0.2) is 81.6 Å². The van der Waals surface area contributed by atoms with Crippen LogP contribution in [0.5, 0.6) is 11.6 Å². The quantitative estimate of drug-likeness (QED) is 0.457. The first-order valence-electron chi connectivity index (χ1n) is 9.32. The van der Waals surface area contributed by atoms with E-state index in [1.54, 1.807) is 54.7 Å². The number of benzene rings is 2. The van der Waals surface area contributed by atoms with Crippen LogP contribution in [0.2, 0.25) is 0 Å². The second-order valence-corrected chi connectivity index (χ2v) is 8.57. The van der Waals surface area contributed by atoms with Crippen molar-refractivity contribution in [2.45, 2.75) is 16.5 Å². The van der Waals surface area contributed by atoms with Crippen LogP contribution in [0.4, 0.5) is 0 Å². The van der Waals surface area contributed by atoms with Crippen molar-refractivity contribution in [1.29, 1.82) is 0 Å². The summed E-state index contributed by atoms with van der Waals surface area (Å²) in [5, 5.41) is 4.59. The molecule has 0 atom stereocenters. The lowest BCUT2D eigenvalue weighted by Gasteiger charge is -2.12. The van der Waals surface area contributed by atoms with E-state index in [4.69, 9.17) is 9.47 Å². The molecule has 158 valence electrons. The molecule has 0 spiro atoms. The molecule has 4 aromatic rings. The molecular weight excluding hydrogens is 418 g/mol. The molecule has 8 nitrogen and oxygen atoms in total. The van der Waals surface area contributed by atoms with Crippen LogP contribution in [0.3, 0.4) is 0 Å². The average Bonchev–Trinajstić information content (AvgIpc) is 2.81. The first-order valence-corrected chi connectivity index (χ1v) is 10.8. The van der Waals surface area contributed by atoms with Crippen molar-refractivity contribution in [3.8, 4) is 11.6 Å². The number of fused-ring (bicyclic) bond motifs is 1. The molecule has 0 fully saturated rings. The smallest absolute Gasteiger partial charge is 0.275 e. The Bertz CT molecular complexity index is 1410. The molecular formula is C22H19N3O5S. The lowest BCUT2D eigenvalue weighted by Crippen LogP contribution is -2.26. The molecule has 4 rings (SSSR count). The maximum Gasteiger partial charge on any atom is 0.275 e. The highest BCUT2D eigenvalue weighted by Gasteiger charge is 2.25. The van der Waals surface area contributed by atoms with E-state index in [1.807, 2.05) is 0 Å². The van der Waals surface area contributed by atoms with Gasteiger partial charge >= 0.3 is 0 Å². The number of hydrogen-bond donors (Lipinski definition) is 0. The van der Waals surface area contributed by atoms with Gasteiger partial charge in [0.05, 0.1) is 31.0 Å². The molecule has 2 aromatic carbocycles. The molecule has 9 heteroatoms. The highest BCUT2D eigenvalue weighted by molar-refractivity contribution is 7.91. The van der Waals surface area contributed by atoms with Crippen LogP contribution in [0, 0.1) is 0 Å². The summed E-state index contributed by atoms with van der Waals surface area (Å²) >= 11 is 0. The number of ether oxygens (including phenoxy) is 2. The van der Waals surface area contributed by atoms with Crippen LogP contribution in [0.25, 0.3) is 10.8 Å². The van der Waals surface area contributed by atoms with E-state index in [9.17, 15) is 13.2 Å². The molecule has 2 heterocycles. The Morgan fingerprint density at radius 2 is 1.71 bits per heavy atom. The highest BCUT2D eigenvalue weighted by atomic mass is 32.2. The van der Waals surface area contributed by atoms with E-state index >= 15 is 0 Å². The van der Waals surface area contributed by atoms with E-state index in [-0.39, 0.29) is 27.2 Å². The fourth-order valence-electron chi connectivity index (χ4n) is 3.19. The van der Waals surface area contributed by atoms with Crippen molar-refractivity contribution in [3.63, 3.8) is 0 Å². The van der Waals surface area contributed by atoms with Crippen molar-refractivity contribution in [1.82, 2.24) is 14.8 Å². The minimum absolute atomic E-state index is 0.0285. The molecule has 0 radical (unpaired) electrons. The number of rotatable bonds is 6. The number of pyridine rings is 1. The standard InChI is InChI=1S/C22H19N3O5S/c1-29-16-6-5-7-17(12-16)31(27,28)21-18-8-3-4-9-19(18)22(26)25(24-21)14-15-10-11-20(30-2)23-13-15/h3-13H,14H2,1-2H3. The molecule has 0 saturated carbocycles. The van der Waals surface area contributed by atoms with Gasteiger partial charge < -0.3 is 9.47 Å². The van der Waals surface area contributed by atoms with Gasteiger partial charge in [0.15, 0.2) is 5.03 Å². The number of nitrogens with zero attached hydrogens (tertiary/aromatic N) is 3. The first-order chi connectivity index (χ1) is 14.9. The number of methoxy groups -OCH3 is 2. The molecule has 0 bridgehead atoms. The van der Waals surface area contributed by atoms with Gasteiger partial charge in [-0.15, -0.1) is 0 Å². The van der Waals surface area contributed by atoms with Crippen molar-refractivity contribution in [2.75, 3.05) is 14.2 Å². The summed E-state index contributed by atoms with van der Waals surface area (Å²) in [6.45, 7) is 0.0568. The average molecular weight is 437 g/mol. The first kappa shape index (κ1) is 20.5. The van der Waals surface area contributed by atoms with E-state index in [1.165, 1.54) is 26.4 Å². The van der Waals surface area contributed by atoms with Gasteiger partial charge in [-0.1, -0.05) is 30.3 Å². The summed E-state index contributed by atoms with van der Waals surface area (Å²) in [6, 6.07) is 16.1. The normalized spacial score (nSPS) is 11.4. The summed E-state index contributed by atoms with van der Waals surface area (Å²) in [4.78, 5) is 17.2. The minimum Gasteiger partial charge on any atom is -0.497 e. The third kappa shape index (κ3) is 3.87. The van der Waals surface area contributed by atoms with Crippen molar-refractivity contribution >= 4 is 20.6 Å².